The Bertz CT molecular complexity index is 1720. The first-order chi connectivity index (χ1) is 17.6. The van der Waals surface area contributed by atoms with E-state index in [1.54, 1.807) is 18.8 Å². The number of nitrogens with zero attached hydrogens (tertiary/aromatic N) is 2. The fourth-order valence-electron chi connectivity index (χ4n) is 5.16. The summed E-state index contributed by atoms with van der Waals surface area (Å²) in [6.07, 6.45) is 3.57. The lowest BCUT2D eigenvalue weighted by Gasteiger charge is -2.31. The summed E-state index contributed by atoms with van der Waals surface area (Å²) in [4.78, 5) is 19.6. The molecule has 0 radical (unpaired) electrons. The molecule has 0 saturated heterocycles. The molecule has 0 spiro atoms. The third kappa shape index (κ3) is 3.60. The number of halogens is 1. The van der Waals surface area contributed by atoms with E-state index in [-0.39, 0.29) is 11.6 Å². The first-order valence-corrected chi connectivity index (χ1v) is 12.9. The van der Waals surface area contributed by atoms with Crippen molar-refractivity contribution in [1.29, 1.82) is 0 Å². The fraction of sp³-hybridized carbons (Fsp3) is 0.172. The second-order valence-corrected chi connectivity index (χ2v) is 10.1. The summed E-state index contributed by atoms with van der Waals surface area (Å²) in [5, 5.41) is 0.638. The van der Waals surface area contributed by atoms with Crippen LogP contribution < -0.4 is 24.4 Å². The Hall–Kier alpha value is -3.61. The quantitative estimate of drug-likeness (QED) is 0.385. The van der Waals surface area contributed by atoms with Gasteiger partial charge in [-0.15, -0.1) is 0 Å². The maximum atomic E-state index is 13.9. The summed E-state index contributed by atoms with van der Waals surface area (Å²) in [5.74, 6) is 1.20. The van der Waals surface area contributed by atoms with Crippen molar-refractivity contribution in [1.82, 2.24) is 4.57 Å². The van der Waals surface area contributed by atoms with Crippen LogP contribution in [0.3, 0.4) is 0 Å². The molecule has 6 rings (SSSR count). The predicted molar refractivity (Wildman–Crippen MR) is 144 cm³/mol. The molecule has 1 atom stereocenters. The SMILES string of the molecule is COc1cccc(C=c2sc3n(c2=O)C(c2ccccc2Cl)C2=C(N=3)c3ccccc3CC2)c1OC. The molecule has 0 fully saturated rings. The molecule has 3 aromatic carbocycles. The highest BCUT2D eigenvalue weighted by atomic mass is 35.5. The maximum absolute atomic E-state index is 13.9. The van der Waals surface area contributed by atoms with Gasteiger partial charge in [-0.25, -0.2) is 4.99 Å². The molecule has 0 saturated carbocycles. The van der Waals surface area contributed by atoms with Crippen LogP contribution in [0.5, 0.6) is 11.5 Å². The number of hydrogen-bond acceptors (Lipinski definition) is 5. The van der Waals surface area contributed by atoms with Crippen molar-refractivity contribution < 1.29 is 9.47 Å². The van der Waals surface area contributed by atoms with Gasteiger partial charge < -0.3 is 9.47 Å². The Balaban J connectivity index is 1.64. The molecule has 0 amide bonds. The number of methoxy groups -OCH3 is 2. The zero-order valence-corrected chi connectivity index (χ0v) is 21.4. The Morgan fingerprint density at radius 2 is 1.81 bits per heavy atom. The number of para-hydroxylation sites is 1. The molecule has 1 aliphatic heterocycles. The van der Waals surface area contributed by atoms with Gasteiger partial charge in [-0.05, 0) is 47.8 Å². The molecular formula is C29H23ClN2O3S. The normalized spacial score (nSPS) is 16.6. The number of aromatic nitrogens is 1. The van der Waals surface area contributed by atoms with Crippen LogP contribution in [0.25, 0.3) is 11.8 Å². The van der Waals surface area contributed by atoms with Crippen molar-refractivity contribution in [3.8, 4) is 11.5 Å². The molecule has 2 heterocycles. The van der Waals surface area contributed by atoms with Crippen LogP contribution in [0.2, 0.25) is 5.02 Å². The van der Waals surface area contributed by atoms with Crippen molar-refractivity contribution >= 4 is 34.7 Å². The monoisotopic (exact) mass is 514 g/mol. The summed E-state index contributed by atoms with van der Waals surface area (Å²) in [5.41, 5.74) is 6.06. The zero-order chi connectivity index (χ0) is 24.8. The Kier molecular flexibility index (Phi) is 5.78. The minimum atomic E-state index is -0.312. The van der Waals surface area contributed by atoms with Gasteiger partial charge in [-0.2, -0.15) is 0 Å². The number of fused-ring (bicyclic) bond motifs is 3. The molecule has 5 nitrogen and oxygen atoms in total. The fourth-order valence-corrected chi connectivity index (χ4v) is 6.39. The molecule has 180 valence electrons. The van der Waals surface area contributed by atoms with Crippen LogP contribution in [-0.2, 0) is 6.42 Å². The van der Waals surface area contributed by atoms with Gasteiger partial charge in [0.15, 0.2) is 16.3 Å². The van der Waals surface area contributed by atoms with Gasteiger partial charge in [0.05, 0.1) is 30.5 Å². The average Bonchev–Trinajstić information content (AvgIpc) is 3.22. The second kappa shape index (κ2) is 9.12. The van der Waals surface area contributed by atoms with E-state index in [0.29, 0.717) is 25.9 Å². The molecular weight excluding hydrogens is 492 g/mol. The van der Waals surface area contributed by atoms with Gasteiger partial charge in [-0.1, -0.05) is 77.5 Å². The third-order valence-corrected chi connectivity index (χ3v) is 8.12. The average molecular weight is 515 g/mol. The van der Waals surface area contributed by atoms with E-state index in [1.165, 1.54) is 16.9 Å². The first-order valence-electron chi connectivity index (χ1n) is 11.7. The maximum Gasteiger partial charge on any atom is 0.271 e. The highest BCUT2D eigenvalue weighted by molar-refractivity contribution is 7.07. The second-order valence-electron chi connectivity index (χ2n) is 8.72. The number of hydrogen-bond donors (Lipinski definition) is 0. The third-order valence-electron chi connectivity index (χ3n) is 6.79. The number of allylic oxidation sites excluding steroid dienone is 1. The summed E-state index contributed by atoms with van der Waals surface area (Å²) in [6, 6.07) is 21.5. The van der Waals surface area contributed by atoms with Crippen LogP contribution in [-0.4, -0.2) is 18.8 Å². The topological polar surface area (TPSA) is 52.8 Å². The molecule has 1 unspecified atom stereocenters. The summed E-state index contributed by atoms with van der Waals surface area (Å²) in [6.45, 7) is 0. The van der Waals surface area contributed by atoms with E-state index in [1.807, 2.05) is 54.6 Å². The van der Waals surface area contributed by atoms with E-state index in [2.05, 4.69) is 18.2 Å². The molecule has 36 heavy (non-hydrogen) atoms. The van der Waals surface area contributed by atoms with Crippen molar-refractivity contribution in [2.75, 3.05) is 14.2 Å². The van der Waals surface area contributed by atoms with Crippen molar-refractivity contribution in [3.05, 3.63) is 119 Å². The minimum Gasteiger partial charge on any atom is -0.493 e. The van der Waals surface area contributed by atoms with Gasteiger partial charge in [-0.3, -0.25) is 9.36 Å². The van der Waals surface area contributed by atoms with E-state index < -0.39 is 0 Å². The number of benzene rings is 3. The van der Waals surface area contributed by atoms with Gasteiger partial charge in [0.2, 0.25) is 0 Å². The first kappa shape index (κ1) is 22.8. The molecule has 1 aromatic heterocycles. The standard InChI is InChI=1S/C29H23ClN2O3S/c1-34-23-13-7-9-18(27(23)35-2)16-24-28(33)32-26(20-11-5-6-12-22(20)30)21-15-14-17-8-3-4-10-19(17)25(21)31-29(32)36-24/h3-13,16,26H,14-15H2,1-2H3. The highest BCUT2D eigenvalue weighted by Crippen LogP contribution is 2.42. The highest BCUT2D eigenvalue weighted by Gasteiger charge is 2.33. The Labute approximate surface area is 217 Å². The number of aryl methyl sites for hydroxylation is 1. The van der Waals surface area contributed by atoms with Gasteiger partial charge in [0, 0.05) is 16.1 Å². The Morgan fingerprint density at radius 1 is 1.00 bits per heavy atom. The lowest BCUT2D eigenvalue weighted by molar-refractivity contribution is 0.354. The summed E-state index contributed by atoms with van der Waals surface area (Å²) >= 11 is 8.09. The number of thiazole rings is 1. The number of rotatable bonds is 4. The van der Waals surface area contributed by atoms with Gasteiger partial charge >= 0.3 is 0 Å². The summed E-state index contributed by atoms with van der Waals surface area (Å²) in [7, 11) is 3.20. The van der Waals surface area contributed by atoms with Crippen molar-refractivity contribution in [2.45, 2.75) is 18.9 Å². The predicted octanol–water partition coefficient (Wildman–Crippen LogP) is 4.99. The molecule has 4 aromatic rings. The van der Waals surface area contributed by atoms with Crippen LogP contribution >= 0.6 is 22.9 Å². The smallest absolute Gasteiger partial charge is 0.271 e. The van der Waals surface area contributed by atoms with E-state index in [0.717, 1.165) is 40.8 Å². The zero-order valence-electron chi connectivity index (χ0n) is 19.8. The minimum absolute atomic E-state index is 0.0982. The lowest BCUT2D eigenvalue weighted by Crippen LogP contribution is -2.38. The lowest BCUT2D eigenvalue weighted by atomic mass is 9.83. The Morgan fingerprint density at radius 3 is 2.61 bits per heavy atom. The molecule has 2 aliphatic rings. The summed E-state index contributed by atoms with van der Waals surface area (Å²) < 4.78 is 13.4. The molecule has 0 N–H and O–H groups in total. The molecule has 7 heteroatoms. The van der Waals surface area contributed by atoms with Crippen LogP contribution in [0.15, 0.2) is 82.1 Å². The molecule has 1 aliphatic carbocycles. The van der Waals surface area contributed by atoms with E-state index in [9.17, 15) is 4.79 Å². The molecule has 0 bridgehead atoms. The van der Waals surface area contributed by atoms with Crippen LogP contribution in [0.1, 0.15) is 34.7 Å². The van der Waals surface area contributed by atoms with Gasteiger partial charge in [0.1, 0.15) is 0 Å². The van der Waals surface area contributed by atoms with Crippen LogP contribution in [0, 0.1) is 0 Å². The largest absolute Gasteiger partial charge is 0.493 e. The van der Waals surface area contributed by atoms with Crippen molar-refractivity contribution in [2.24, 2.45) is 4.99 Å². The van der Waals surface area contributed by atoms with E-state index in [4.69, 9.17) is 26.1 Å². The van der Waals surface area contributed by atoms with Crippen LogP contribution in [0.4, 0.5) is 0 Å². The van der Waals surface area contributed by atoms with E-state index >= 15 is 0 Å². The van der Waals surface area contributed by atoms with Gasteiger partial charge in [0.25, 0.3) is 5.56 Å². The number of ether oxygens (including phenoxy) is 2. The van der Waals surface area contributed by atoms with Crippen molar-refractivity contribution in [3.63, 3.8) is 0 Å².